The third kappa shape index (κ3) is 1.81. The van der Waals surface area contributed by atoms with Crippen LogP contribution in [-0.2, 0) is 0 Å². The number of benzene rings is 1. The Kier molecular flexibility index (Phi) is 2.66. The number of halogens is 1. The first-order chi connectivity index (χ1) is 5.25. The minimum absolute atomic E-state index is 0.0180. The first kappa shape index (κ1) is 8.28. The van der Waals surface area contributed by atoms with Crippen molar-refractivity contribution >= 4 is 17.4 Å². The third-order valence-electron chi connectivity index (χ3n) is 1.40. The van der Waals surface area contributed by atoms with Gasteiger partial charge < -0.3 is 0 Å². The predicted octanol–water partition coefficient (Wildman–Crippen LogP) is 2.75. The number of Topliss-reactive ketones (excluding diaryl/α,β-unsaturated/α-hetero) is 1. The molecule has 1 aromatic rings. The number of ketones is 1. The van der Waals surface area contributed by atoms with Gasteiger partial charge in [0.1, 0.15) is 0 Å². The quantitative estimate of drug-likeness (QED) is 0.619. The van der Waals surface area contributed by atoms with Crippen LogP contribution < -0.4 is 0 Å². The molecule has 0 saturated carbocycles. The maximum Gasteiger partial charge on any atom is 0.164 e. The molecule has 0 fully saturated rings. The minimum Gasteiger partial charge on any atom is -0.294 e. The molecule has 0 spiro atoms. The van der Waals surface area contributed by atoms with Crippen LogP contribution in [0.25, 0.3) is 0 Å². The standard InChI is InChI=1S/C9H8ClO/c1-2-9(11)7-5-3-4-6-8(7)10/h3-6H,1-2H2. The Morgan fingerprint density at radius 2 is 2.09 bits per heavy atom. The van der Waals surface area contributed by atoms with Gasteiger partial charge in [0.15, 0.2) is 5.78 Å². The summed E-state index contributed by atoms with van der Waals surface area (Å²) >= 11 is 5.75. The predicted molar refractivity (Wildman–Crippen MR) is 45.8 cm³/mol. The summed E-state index contributed by atoms with van der Waals surface area (Å²) < 4.78 is 0. The Bertz CT molecular complexity index is 268. The molecule has 57 valence electrons. The molecule has 0 aliphatic heterocycles. The van der Waals surface area contributed by atoms with Crippen molar-refractivity contribution in [3.8, 4) is 0 Å². The third-order valence-corrected chi connectivity index (χ3v) is 1.73. The smallest absolute Gasteiger partial charge is 0.164 e. The molecule has 0 amide bonds. The van der Waals surface area contributed by atoms with Gasteiger partial charge >= 0.3 is 0 Å². The Balaban J connectivity index is 3.03. The van der Waals surface area contributed by atoms with Gasteiger partial charge in [-0.1, -0.05) is 23.7 Å². The van der Waals surface area contributed by atoms with E-state index in [-0.39, 0.29) is 12.2 Å². The number of hydrogen-bond donors (Lipinski definition) is 0. The van der Waals surface area contributed by atoms with Crippen LogP contribution in [0.4, 0.5) is 0 Å². The van der Waals surface area contributed by atoms with Crippen molar-refractivity contribution in [1.82, 2.24) is 0 Å². The number of carbonyl (C=O) groups excluding carboxylic acids is 1. The summed E-state index contributed by atoms with van der Waals surface area (Å²) in [6.07, 6.45) is 0.254. The molecule has 0 heterocycles. The van der Waals surface area contributed by atoms with E-state index in [1.54, 1.807) is 24.3 Å². The van der Waals surface area contributed by atoms with Crippen LogP contribution in [0.3, 0.4) is 0 Å². The molecule has 0 unspecified atom stereocenters. The van der Waals surface area contributed by atoms with E-state index in [2.05, 4.69) is 6.92 Å². The van der Waals surface area contributed by atoms with E-state index < -0.39 is 0 Å². The van der Waals surface area contributed by atoms with E-state index in [0.29, 0.717) is 10.6 Å². The molecule has 1 rings (SSSR count). The molecule has 0 N–H and O–H groups in total. The summed E-state index contributed by atoms with van der Waals surface area (Å²) in [5, 5.41) is 0.501. The molecule has 1 aromatic carbocycles. The second kappa shape index (κ2) is 3.54. The second-order valence-corrected chi connectivity index (χ2v) is 2.56. The van der Waals surface area contributed by atoms with E-state index in [0.717, 1.165) is 0 Å². The van der Waals surface area contributed by atoms with E-state index in [4.69, 9.17) is 11.6 Å². The van der Waals surface area contributed by atoms with Crippen LogP contribution in [0, 0.1) is 6.92 Å². The molecule has 0 aromatic heterocycles. The molecule has 0 atom stereocenters. The first-order valence-electron chi connectivity index (χ1n) is 3.32. The van der Waals surface area contributed by atoms with Crippen LogP contribution in [0.1, 0.15) is 16.8 Å². The van der Waals surface area contributed by atoms with Crippen molar-refractivity contribution in [3.63, 3.8) is 0 Å². The van der Waals surface area contributed by atoms with Crippen molar-refractivity contribution in [1.29, 1.82) is 0 Å². The maximum atomic E-state index is 11.1. The van der Waals surface area contributed by atoms with E-state index >= 15 is 0 Å². The van der Waals surface area contributed by atoms with Crippen LogP contribution in [-0.4, -0.2) is 5.78 Å². The second-order valence-electron chi connectivity index (χ2n) is 2.15. The lowest BCUT2D eigenvalue weighted by Gasteiger charge is -1.98. The number of hydrogen-bond acceptors (Lipinski definition) is 1. The molecule has 1 nitrogen and oxygen atoms in total. The monoisotopic (exact) mass is 167 g/mol. The lowest BCUT2D eigenvalue weighted by molar-refractivity contribution is 0.0995. The Hall–Kier alpha value is -0.820. The van der Waals surface area contributed by atoms with Crippen molar-refractivity contribution in [2.45, 2.75) is 6.42 Å². The average molecular weight is 168 g/mol. The largest absolute Gasteiger partial charge is 0.294 e. The average Bonchev–Trinajstić information content (AvgIpc) is 2.04. The fraction of sp³-hybridized carbons (Fsp3) is 0.111. The van der Waals surface area contributed by atoms with Gasteiger partial charge in [0.25, 0.3) is 0 Å². The SMILES string of the molecule is [CH2]CC(=O)c1ccccc1Cl. The van der Waals surface area contributed by atoms with Crippen molar-refractivity contribution < 1.29 is 4.79 Å². The highest BCUT2D eigenvalue weighted by molar-refractivity contribution is 6.33. The zero-order valence-electron chi connectivity index (χ0n) is 6.01. The summed E-state index contributed by atoms with van der Waals surface area (Å²) in [7, 11) is 0. The van der Waals surface area contributed by atoms with Crippen LogP contribution in [0.5, 0.6) is 0 Å². The van der Waals surface area contributed by atoms with Gasteiger partial charge in [0.2, 0.25) is 0 Å². The van der Waals surface area contributed by atoms with Gasteiger partial charge in [-0.05, 0) is 19.1 Å². The number of carbonyl (C=O) groups is 1. The summed E-state index contributed by atoms with van der Waals surface area (Å²) in [6, 6.07) is 6.98. The summed E-state index contributed by atoms with van der Waals surface area (Å²) in [4.78, 5) is 11.1. The van der Waals surface area contributed by atoms with Crippen molar-refractivity contribution in [2.75, 3.05) is 0 Å². The van der Waals surface area contributed by atoms with E-state index in [1.165, 1.54) is 0 Å². The zero-order valence-corrected chi connectivity index (χ0v) is 6.77. The van der Waals surface area contributed by atoms with Gasteiger partial charge in [0.05, 0.1) is 5.02 Å². The topological polar surface area (TPSA) is 17.1 Å². The molecular formula is C9H8ClO. The van der Waals surface area contributed by atoms with Gasteiger partial charge in [-0.25, -0.2) is 0 Å². The highest BCUT2D eigenvalue weighted by Crippen LogP contribution is 2.15. The Morgan fingerprint density at radius 3 is 2.64 bits per heavy atom. The van der Waals surface area contributed by atoms with Gasteiger partial charge in [-0.3, -0.25) is 4.79 Å². The highest BCUT2D eigenvalue weighted by atomic mass is 35.5. The highest BCUT2D eigenvalue weighted by Gasteiger charge is 2.05. The fourth-order valence-electron chi connectivity index (χ4n) is 0.822. The fourth-order valence-corrected chi connectivity index (χ4v) is 1.06. The van der Waals surface area contributed by atoms with Gasteiger partial charge in [0, 0.05) is 12.0 Å². The lowest BCUT2D eigenvalue weighted by atomic mass is 10.1. The Labute approximate surface area is 71.0 Å². The van der Waals surface area contributed by atoms with Crippen LogP contribution in [0.15, 0.2) is 24.3 Å². The molecule has 11 heavy (non-hydrogen) atoms. The molecule has 0 aliphatic carbocycles. The summed E-state index contributed by atoms with van der Waals surface area (Å²) in [5.41, 5.74) is 0.559. The minimum atomic E-state index is -0.0180. The van der Waals surface area contributed by atoms with E-state index in [9.17, 15) is 4.79 Å². The summed E-state index contributed by atoms with van der Waals surface area (Å²) in [5.74, 6) is -0.0180. The number of rotatable bonds is 2. The van der Waals surface area contributed by atoms with Crippen LogP contribution >= 0.6 is 11.6 Å². The van der Waals surface area contributed by atoms with Gasteiger partial charge in [-0.15, -0.1) is 0 Å². The molecule has 2 heteroatoms. The van der Waals surface area contributed by atoms with Crippen molar-refractivity contribution in [3.05, 3.63) is 41.8 Å². The molecule has 1 radical (unpaired) electrons. The van der Waals surface area contributed by atoms with Crippen molar-refractivity contribution in [2.24, 2.45) is 0 Å². The normalized spacial score (nSPS) is 9.64. The van der Waals surface area contributed by atoms with E-state index in [1.807, 2.05) is 0 Å². The Morgan fingerprint density at radius 1 is 1.45 bits per heavy atom. The summed E-state index contributed by atoms with van der Waals surface area (Å²) in [6.45, 7) is 3.49. The zero-order chi connectivity index (χ0) is 8.27. The molecular weight excluding hydrogens is 160 g/mol. The van der Waals surface area contributed by atoms with Crippen LogP contribution in [0.2, 0.25) is 5.02 Å². The van der Waals surface area contributed by atoms with Gasteiger partial charge in [-0.2, -0.15) is 0 Å². The first-order valence-corrected chi connectivity index (χ1v) is 3.70. The molecule has 0 bridgehead atoms. The molecule has 0 aliphatic rings. The maximum absolute atomic E-state index is 11.1. The molecule has 0 saturated heterocycles. The lowest BCUT2D eigenvalue weighted by Crippen LogP contribution is -1.96.